The number of carbonyl (C=O) groups is 1. The fraction of sp³-hybridized carbons (Fsp3) is 0.417. The van der Waals surface area contributed by atoms with Crippen LogP contribution in [-0.2, 0) is 0 Å². The molecule has 0 aliphatic rings. The van der Waals surface area contributed by atoms with E-state index in [2.05, 4.69) is 21.2 Å². The first-order valence-corrected chi connectivity index (χ1v) is 5.97. The first-order chi connectivity index (χ1) is 7.41. The van der Waals surface area contributed by atoms with Crippen molar-refractivity contribution in [2.75, 3.05) is 0 Å². The van der Waals surface area contributed by atoms with Crippen LogP contribution >= 0.6 is 15.9 Å². The van der Waals surface area contributed by atoms with Crippen LogP contribution < -0.4 is 5.32 Å². The van der Waals surface area contributed by atoms with Crippen LogP contribution in [0.15, 0.2) is 22.7 Å². The van der Waals surface area contributed by atoms with Gasteiger partial charge in [-0.15, -0.1) is 0 Å². The van der Waals surface area contributed by atoms with E-state index in [9.17, 15) is 9.18 Å². The van der Waals surface area contributed by atoms with Gasteiger partial charge in [-0.05, 0) is 47.0 Å². The third-order valence-corrected chi connectivity index (χ3v) is 3.22. The molecule has 1 N–H and O–H groups in total. The average Bonchev–Trinajstić information content (AvgIpc) is 2.21. The maximum absolute atomic E-state index is 13.0. The zero-order valence-electron chi connectivity index (χ0n) is 9.55. The quantitative estimate of drug-likeness (QED) is 0.907. The Morgan fingerprint density at radius 1 is 1.38 bits per heavy atom. The molecule has 0 saturated carbocycles. The number of nitrogens with one attached hydrogen (secondary N) is 1. The highest BCUT2D eigenvalue weighted by Gasteiger charge is 2.15. The van der Waals surface area contributed by atoms with Crippen LogP contribution in [0.25, 0.3) is 0 Å². The van der Waals surface area contributed by atoms with Crippen molar-refractivity contribution in [1.82, 2.24) is 5.32 Å². The van der Waals surface area contributed by atoms with Crippen LogP contribution in [0.5, 0.6) is 0 Å². The fourth-order valence-corrected chi connectivity index (χ4v) is 1.55. The maximum Gasteiger partial charge on any atom is 0.252 e. The molecule has 0 aliphatic carbocycles. The van der Waals surface area contributed by atoms with Gasteiger partial charge in [0.05, 0.1) is 5.56 Å². The summed E-state index contributed by atoms with van der Waals surface area (Å²) in [4.78, 5) is 11.8. The van der Waals surface area contributed by atoms with E-state index in [1.807, 2.05) is 20.8 Å². The van der Waals surface area contributed by atoms with Crippen LogP contribution in [0.2, 0.25) is 0 Å². The van der Waals surface area contributed by atoms with Crippen molar-refractivity contribution >= 4 is 21.8 Å². The summed E-state index contributed by atoms with van der Waals surface area (Å²) in [5, 5.41) is 2.83. The van der Waals surface area contributed by atoms with Gasteiger partial charge in [0.15, 0.2) is 0 Å². The molecule has 0 spiro atoms. The van der Waals surface area contributed by atoms with E-state index < -0.39 is 5.82 Å². The van der Waals surface area contributed by atoms with E-state index in [0.29, 0.717) is 16.0 Å². The lowest BCUT2D eigenvalue weighted by Crippen LogP contribution is -2.36. The highest BCUT2D eigenvalue weighted by atomic mass is 79.9. The van der Waals surface area contributed by atoms with Crippen molar-refractivity contribution in [3.8, 4) is 0 Å². The summed E-state index contributed by atoms with van der Waals surface area (Å²) in [5.41, 5.74) is 0.326. The Labute approximate surface area is 103 Å². The molecular formula is C12H15BrFNO. The molecule has 4 heteroatoms. The first kappa shape index (κ1) is 13.2. The molecule has 0 aromatic heterocycles. The Bertz CT molecular complexity index is 393. The zero-order chi connectivity index (χ0) is 12.3. The lowest BCUT2D eigenvalue weighted by Gasteiger charge is -2.17. The van der Waals surface area contributed by atoms with Crippen LogP contribution in [0.4, 0.5) is 4.39 Å². The molecule has 1 aromatic carbocycles. The second kappa shape index (κ2) is 5.43. The van der Waals surface area contributed by atoms with Gasteiger partial charge in [0, 0.05) is 10.5 Å². The lowest BCUT2D eigenvalue weighted by molar-refractivity contribution is 0.0929. The Kier molecular flexibility index (Phi) is 4.47. The predicted molar refractivity (Wildman–Crippen MR) is 65.9 cm³/mol. The van der Waals surface area contributed by atoms with Crippen LogP contribution in [0.3, 0.4) is 0 Å². The molecule has 1 rings (SSSR count). The molecule has 2 nitrogen and oxygen atoms in total. The minimum Gasteiger partial charge on any atom is -0.349 e. The number of halogens is 2. The van der Waals surface area contributed by atoms with Gasteiger partial charge in [0.25, 0.3) is 5.91 Å². The first-order valence-electron chi connectivity index (χ1n) is 5.17. The standard InChI is InChI=1S/C12H15BrFNO/c1-7(2)8(3)15-12(16)10-6-9(14)4-5-11(10)13/h4-8H,1-3H3,(H,15,16). The molecule has 1 atom stereocenters. The normalized spacial score (nSPS) is 12.6. The van der Waals surface area contributed by atoms with Gasteiger partial charge in [0.2, 0.25) is 0 Å². The molecule has 0 heterocycles. The molecule has 1 aromatic rings. The molecule has 0 saturated heterocycles. The second-order valence-corrected chi connectivity index (χ2v) is 4.98. The van der Waals surface area contributed by atoms with Gasteiger partial charge in [-0.1, -0.05) is 13.8 Å². The van der Waals surface area contributed by atoms with Crippen molar-refractivity contribution in [2.24, 2.45) is 5.92 Å². The monoisotopic (exact) mass is 287 g/mol. The number of hydrogen-bond donors (Lipinski definition) is 1. The molecule has 0 radical (unpaired) electrons. The number of carbonyl (C=O) groups excluding carboxylic acids is 1. The third kappa shape index (κ3) is 3.30. The average molecular weight is 288 g/mol. The second-order valence-electron chi connectivity index (χ2n) is 4.13. The van der Waals surface area contributed by atoms with Crippen molar-refractivity contribution in [2.45, 2.75) is 26.8 Å². The predicted octanol–water partition coefficient (Wildman–Crippen LogP) is 3.36. The molecular weight excluding hydrogens is 273 g/mol. The highest BCUT2D eigenvalue weighted by Crippen LogP contribution is 2.18. The van der Waals surface area contributed by atoms with E-state index in [4.69, 9.17) is 0 Å². The summed E-state index contributed by atoms with van der Waals surface area (Å²) in [6.45, 7) is 5.97. The number of rotatable bonds is 3. The van der Waals surface area contributed by atoms with Gasteiger partial charge >= 0.3 is 0 Å². The summed E-state index contributed by atoms with van der Waals surface area (Å²) < 4.78 is 13.6. The Morgan fingerprint density at radius 3 is 2.56 bits per heavy atom. The molecule has 1 amide bonds. The minimum atomic E-state index is -0.412. The Balaban J connectivity index is 2.84. The Morgan fingerprint density at radius 2 is 2.00 bits per heavy atom. The van der Waals surface area contributed by atoms with Crippen molar-refractivity contribution in [3.05, 3.63) is 34.1 Å². The van der Waals surface area contributed by atoms with Crippen LogP contribution in [-0.4, -0.2) is 11.9 Å². The largest absolute Gasteiger partial charge is 0.349 e. The maximum atomic E-state index is 13.0. The van der Waals surface area contributed by atoms with E-state index in [1.54, 1.807) is 0 Å². The van der Waals surface area contributed by atoms with Gasteiger partial charge in [-0.3, -0.25) is 4.79 Å². The van der Waals surface area contributed by atoms with Gasteiger partial charge < -0.3 is 5.32 Å². The Hall–Kier alpha value is -0.900. The summed E-state index contributed by atoms with van der Waals surface area (Å²) in [7, 11) is 0. The van der Waals surface area contributed by atoms with Gasteiger partial charge in [0.1, 0.15) is 5.82 Å². The number of amides is 1. The van der Waals surface area contributed by atoms with E-state index >= 15 is 0 Å². The van der Waals surface area contributed by atoms with Gasteiger partial charge in [-0.25, -0.2) is 4.39 Å². The van der Waals surface area contributed by atoms with Crippen LogP contribution in [0, 0.1) is 11.7 Å². The molecule has 1 unspecified atom stereocenters. The van der Waals surface area contributed by atoms with Crippen molar-refractivity contribution < 1.29 is 9.18 Å². The molecule has 0 aliphatic heterocycles. The minimum absolute atomic E-state index is 0.0580. The van der Waals surface area contributed by atoms with Crippen LogP contribution in [0.1, 0.15) is 31.1 Å². The summed E-state index contributed by atoms with van der Waals surface area (Å²) >= 11 is 3.23. The summed E-state index contributed by atoms with van der Waals surface area (Å²) in [5.74, 6) is -0.325. The summed E-state index contributed by atoms with van der Waals surface area (Å²) in [6.07, 6.45) is 0. The van der Waals surface area contributed by atoms with Gasteiger partial charge in [-0.2, -0.15) is 0 Å². The molecule has 0 bridgehead atoms. The zero-order valence-corrected chi connectivity index (χ0v) is 11.1. The molecule has 16 heavy (non-hydrogen) atoms. The fourth-order valence-electron chi connectivity index (χ4n) is 1.12. The molecule has 88 valence electrons. The SMILES string of the molecule is CC(C)C(C)NC(=O)c1cc(F)ccc1Br. The van der Waals surface area contributed by atoms with Crippen molar-refractivity contribution in [1.29, 1.82) is 0 Å². The van der Waals surface area contributed by atoms with E-state index in [-0.39, 0.29) is 11.9 Å². The highest BCUT2D eigenvalue weighted by molar-refractivity contribution is 9.10. The number of hydrogen-bond acceptors (Lipinski definition) is 1. The van der Waals surface area contributed by atoms with Crippen molar-refractivity contribution in [3.63, 3.8) is 0 Å². The number of benzene rings is 1. The molecule has 0 fully saturated rings. The third-order valence-electron chi connectivity index (χ3n) is 2.53. The van der Waals surface area contributed by atoms with E-state index in [0.717, 1.165) is 0 Å². The topological polar surface area (TPSA) is 29.1 Å². The lowest BCUT2D eigenvalue weighted by atomic mass is 10.1. The summed E-state index contributed by atoms with van der Waals surface area (Å²) in [6, 6.07) is 4.13. The van der Waals surface area contributed by atoms with E-state index in [1.165, 1.54) is 18.2 Å². The smallest absolute Gasteiger partial charge is 0.252 e.